The molecule has 0 bridgehead atoms. The third-order valence-electron chi connectivity index (χ3n) is 5.67. The van der Waals surface area contributed by atoms with Crippen LogP contribution in [0.2, 0.25) is 0 Å². The van der Waals surface area contributed by atoms with E-state index in [0.717, 1.165) is 11.4 Å². The van der Waals surface area contributed by atoms with Crippen molar-refractivity contribution < 1.29 is 4.79 Å². The van der Waals surface area contributed by atoms with E-state index >= 15 is 0 Å². The summed E-state index contributed by atoms with van der Waals surface area (Å²) >= 11 is 1.26. The summed E-state index contributed by atoms with van der Waals surface area (Å²) in [5.41, 5.74) is 2.13. The van der Waals surface area contributed by atoms with Gasteiger partial charge in [0.05, 0.1) is 28.0 Å². The molecule has 3 heterocycles. The molecule has 35 heavy (non-hydrogen) atoms. The summed E-state index contributed by atoms with van der Waals surface area (Å²) in [6.07, 6.45) is 0. The van der Waals surface area contributed by atoms with Crippen molar-refractivity contribution in [1.82, 2.24) is 28.9 Å². The lowest BCUT2D eigenvalue weighted by Crippen LogP contribution is -2.20. The average molecular weight is 488 g/mol. The molecule has 0 aliphatic rings. The maximum absolute atomic E-state index is 13.0. The van der Waals surface area contributed by atoms with Gasteiger partial charge in [-0.1, -0.05) is 62.9 Å². The number of anilines is 1. The first-order valence-electron chi connectivity index (χ1n) is 11.2. The molecule has 1 amide bonds. The molecule has 0 unspecified atom stereocenters. The Hall–Kier alpha value is -3.92. The van der Waals surface area contributed by atoms with Gasteiger partial charge in [0, 0.05) is 18.5 Å². The lowest BCUT2D eigenvalue weighted by atomic mass is 9.92. The number of carbonyl (C=O) groups excluding carboxylic acids is 1. The van der Waals surface area contributed by atoms with E-state index in [9.17, 15) is 9.59 Å². The molecule has 0 spiro atoms. The van der Waals surface area contributed by atoms with E-state index in [1.807, 2.05) is 54.6 Å². The number of para-hydroxylation sites is 2. The van der Waals surface area contributed by atoms with Crippen molar-refractivity contribution in [3.05, 3.63) is 76.7 Å². The van der Waals surface area contributed by atoms with Crippen molar-refractivity contribution in [2.24, 2.45) is 7.05 Å². The summed E-state index contributed by atoms with van der Waals surface area (Å²) in [7, 11) is 1.66. The second kappa shape index (κ2) is 8.70. The number of thioether (sulfide) groups is 1. The number of benzene rings is 2. The van der Waals surface area contributed by atoms with Crippen LogP contribution in [0.4, 0.5) is 5.82 Å². The van der Waals surface area contributed by atoms with Gasteiger partial charge in [-0.15, -0.1) is 10.2 Å². The smallest absolute Gasteiger partial charge is 0.262 e. The molecule has 0 saturated carbocycles. The largest absolute Gasteiger partial charge is 0.310 e. The molecule has 0 fully saturated rings. The molecule has 10 heteroatoms. The second-order valence-corrected chi connectivity index (χ2v) is 10.2. The van der Waals surface area contributed by atoms with Gasteiger partial charge in [-0.25, -0.2) is 4.68 Å². The van der Waals surface area contributed by atoms with Crippen LogP contribution in [0.25, 0.3) is 22.4 Å². The Morgan fingerprint density at radius 1 is 1.03 bits per heavy atom. The fourth-order valence-electron chi connectivity index (χ4n) is 3.82. The summed E-state index contributed by atoms with van der Waals surface area (Å²) in [6, 6.07) is 18.9. The maximum atomic E-state index is 13.0. The SMILES string of the molecule is Cn1c(=O)c2ccccc2n2c(SCC(=O)Nc3cc(C(C)(C)C)nn3-c3ccccc3)nnc12. The highest BCUT2D eigenvalue weighted by Gasteiger charge is 2.22. The highest BCUT2D eigenvalue weighted by Crippen LogP contribution is 2.27. The minimum absolute atomic E-state index is 0.114. The molecule has 5 rings (SSSR count). The lowest BCUT2D eigenvalue weighted by molar-refractivity contribution is -0.113. The third kappa shape index (κ3) is 4.21. The molecule has 0 aliphatic carbocycles. The average Bonchev–Trinajstić information content (AvgIpc) is 3.46. The fraction of sp³-hybridized carbons (Fsp3) is 0.240. The van der Waals surface area contributed by atoms with E-state index in [4.69, 9.17) is 5.10 Å². The van der Waals surface area contributed by atoms with Crippen LogP contribution in [0.1, 0.15) is 26.5 Å². The number of aromatic nitrogens is 6. The molecular formula is C25H25N7O2S. The van der Waals surface area contributed by atoms with Crippen LogP contribution in [0, 0.1) is 0 Å². The number of nitrogens with zero attached hydrogens (tertiary/aromatic N) is 6. The van der Waals surface area contributed by atoms with E-state index in [1.165, 1.54) is 16.3 Å². The quantitative estimate of drug-likeness (QED) is 0.379. The van der Waals surface area contributed by atoms with Gasteiger partial charge in [-0.2, -0.15) is 5.10 Å². The fourth-order valence-corrected chi connectivity index (χ4v) is 4.56. The predicted molar refractivity (Wildman–Crippen MR) is 137 cm³/mol. The van der Waals surface area contributed by atoms with Crippen LogP contribution < -0.4 is 10.9 Å². The van der Waals surface area contributed by atoms with E-state index in [1.54, 1.807) is 22.2 Å². The Morgan fingerprint density at radius 3 is 2.49 bits per heavy atom. The zero-order valence-electron chi connectivity index (χ0n) is 19.9. The van der Waals surface area contributed by atoms with E-state index in [2.05, 4.69) is 36.3 Å². The monoisotopic (exact) mass is 487 g/mol. The number of rotatable bonds is 5. The minimum Gasteiger partial charge on any atom is -0.310 e. The van der Waals surface area contributed by atoms with E-state index < -0.39 is 0 Å². The van der Waals surface area contributed by atoms with Gasteiger partial charge in [0.1, 0.15) is 5.82 Å². The summed E-state index contributed by atoms with van der Waals surface area (Å²) in [4.78, 5) is 25.6. The van der Waals surface area contributed by atoms with Crippen molar-refractivity contribution in [3.63, 3.8) is 0 Å². The highest BCUT2D eigenvalue weighted by molar-refractivity contribution is 7.99. The first-order valence-corrected chi connectivity index (χ1v) is 12.1. The van der Waals surface area contributed by atoms with Crippen LogP contribution in [-0.4, -0.2) is 40.6 Å². The zero-order chi connectivity index (χ0) is 24.7. The Balaban J connectivity index is 1.43. The normalized spacial score (nSPS) is 11.9. The topological polar surface area (TPSA) is 99.1 Å². The van der Waals surface area contributed by atoms with Crippen LogP contribution in [0.5, 0.6) is 0 Å². The Morgan fingerprint density at radius 2 is 1.74 bits per heavy atom. The molecule has 0 atom stereocenters. The molecule has 0 radical (unpaired) electrons. The standard InChI is InChI=1S/C25H25N7O2S/c1-25(2,3)19-14-20(32(29-19)16-10-6-5-7-11-16)26-21(33)15-35-24-28-27-23-30(4)22(34)17-12-8-9-13-18(17)31(23)24/h5-14H,15H2,1-4H3,(H,26,33). The summed E-state index contributed by atoms with van der Waals surface area (Å²) in [5, 5.41) is 17.3. The van der Waals surface area contributed by atoms with Crippen molar-refractivity contribution >= 4 is 40.2 Å². The second-order valence-electron chi connectivity index (χ2n) is 9.25. The predicted octanol–water partition coefficient (Wildman–Crippen LogP) is 3.80. The maximum Gasteiger partial charge on any atom is 0.262 e. The van der Waals surface area contributed by atoms with Crippen molar-refractivity contribution in [1.29, 1.82) is 0 Å². The van der Waals surface area contributed by atoms with Crippen molar-refractivity contribution in [2.45, 2.75) is 31.3 Å². The number of fused-ring (bicyclic) bond motifs is 3. The van der Waals surface area contributed by atoms with Gasteiger partial charge < -0.3 is 5.32 Å². The molecule has 3 aromatic heterocycles. The molecule has 5 aromatic rings. The Bertz CT molecular complexity index is 1610. The molecule has 0 saturated heterocycles. The van der Waals surface area contributed by atoms with Crippen molar-refractivity contribution in [2.75, 3.05) is 11.1 Å². The summed E-state index contributed by atoms with van der Waals surface area (Å²) < 4.78 is 5.02. The molecule has 2 aromatic carbocycles. The van der Waals surface area contributed by atoms with Crippen LogP contribution in [-0.2, 0) is 17.3 Å². The van der Waals surface area contributed by atoms with E-state index in [-0.39, 0.29) is 22.6 Å². The zero-order valence-corrected chi connectivity index (χ0v) is 20.7. The Labute approximate surface area is 205 Å². The third-order valence-corrected chi connectivity index (χ3v) is 6.60. The minimum atomic E-state index is -0.196. The number of hydrogen-bond acceptors (Lipinski definition) is 6. The van der Waals surface area contributed by atoms with Crippen LogP contribution in [0.3, 0.4) is 0 Å². The van der Waals surface area contributed by atoms with Gasteiger partial charge >= 0.3 is 0 Å². The number of nitrogens with one attached hydrogen (secondary N) is 1. The molecule has 178 valence electrons. The number of amides is 1. The summed E-state index contributed by atoms with van der Waals surface area (Å²) in [5.74, 6) is 0.945. The van der Waals surface area contributed by atoms with Gasteiger partial charge in [-0.05, 0) is 24.3 Å². The number of hydrogen-bond donors (Lipinski definition) is 1. The lowest BCUT2D eigenvalue weighted by Gasteiger charge is -2.14. The number of aryl methyl sites for hydroxylation is 1. The van der Waals surface area contributed by atoms with Crippen molar-refractivity contribution in [3.8, 4) is 5.69 Å². The van der Waals surface area contributed by atoms with Crippen LogP contribution in [0.15, 0.2) is 70.6 Å². The van der Waals surface area contributed by atoms with Gasteiger partial charge in [-0.3, -0.25) is 18.6 Å². The van der Waals surface area contributed by atoms with Gasteiger partial charge in [0.25, 0.3) is 5.56 Å². The van der Waals surface area contributed by atoms with Gasteiger partial charge in [0.15, 0.2) is 5.16 Å². The molecule has 0 aliphatic heterocycles. The molecular weight excluding hydrogens is 462 g/mol. The van der Waals surface area contributed by atoms with Gasteiger partial charge in [0.2, 0.25) is 11.7 Å². The summed E-state index contributed by atoms with van der Waals surface area (Å²) in [6.45, 7) is 6.25. The first-order chi connectivity index (χ1) is 16.7. The van der Waals surface area contributed by atoms with E-state index in [0.29, 0.717) is 27.7 Å². The number of carbonyl (C=O) groups is 1. The molecule has 1 N–H and O–H groups in total. The highest BCUT2D eigenvalue weighted by atomic mass is 32.2. The molecule has 9 nitrogen and oxygen atoms in total. The van der Waals surface area contributed by atoms with Crippen LogP contribution >= 0.6 is 11.8 Å². The Kier molecular flexibility index (Phi) is 5.68. The first kappa shape index (κ1) is 22.9.